The molecule has 1 atom stereocenters. The summed E-state index contributed by atoms with van der Waals surface area (Å²) in [5, 5.41) is 19.6. The normalized spacial score (nSPS) is 13.7. The third-order valence-electron chi connectivity index (χ3n) is 3.03. The van der Waals surface area contributed by atoms with Crippen LogP contribution < -0.4 is 0 Å². The van der Waals surface area contributed by atoms with E-state index in [1.807, 2.05) is 30.3 Å². The predicted octanol–water partition coefficient (Wildman–Crippen LogP) is 2.18. The second-order valence-electron chi connectivity index (χ2n) is 4.51. The van der Waals surface area contributed by atoms with Crippen LogP contribution in [0.4, 0.5) is 0 Å². The molecule has 2 aromatic rings. The van der Waals surface area contributed by atoms with Gasteiger partial charge in [0, 0.05) is 0 Å². The molecule has 1 unspecified atom stereocenters. The van der Waals surface area contributed by atoms with E-state index in [0.717, 1.165) is 5.56 Å². The van der Waals surface area contributed by atoms with E-state index in [0.29, 0.717) is 5.56 Å². The molecule has 0 heterocycles. The predicted molar refractivity (Wildman–Crippen MR) is 74.1 cm³/mol. The topological polar surface area (TPSA) is 66.8 Å². The van der Waals surface area contributed by atoms with Crippen molar-refractivity contribution in [1.29, 1.82) is 0 Å². The monoisotopic (exact) mass is 272 g/mol. The third-order valence-corrected chi connectivity index (χ3v) is 3.03. The average molecular weight is 272 g/mol. The maximum Gasteiger partial charge on any atom is 0.342 e. The van der Waals surface area contributed by atoms with Gasteiger partial charge in [0.25, 0.3) is 0 Å². The summed E-state index contributed by atoms with van der Waals surface area (Å²) in [6.07, 6.45) is 0. The number of carbonyl (C=O) groups is 1. The average Bonchev–Trinajstić information content (AvgIpc) is 2.49. The number of aliphatic hydroxyl groups is 1. The van der Waals surface area contributed by atoms with E-state index >= 15 is 0 Å². The summed E-state index contributed by atoms with van der Waals surface area (Å²) in [5.41, 5.74) is -0.801. The van der Waals surface area contributed by atoms with Crippen molar-refractivity contribution < 1.29 is 19.7 Å². The van der Waals surface area contributed by atoms with Crippen LogP contribution in [-0.4, -0.2) is 22.8 Å². The van der Waals surface area contributed by atoms with Gasteiger partial charge in [0.2, 0.25) is 5.60 Å². The van der Waals surface area contributed by atoms with Crippen molar-refractivity contribution in [1.82, 2.24) is 0 Å². The van der Waals surface area contributed by atoms with Crippen LogP contribution >= 0.6 is 0 Å². The van der Waals surface area contributed by atoms with E-state index in [4.69, 9.17) is 4.74 Å². The number of hydrogen-bond acceptors (Lipinski definition) is 3. The van der Waals surface area contributed by atoms with Crippen molar-refractivity contribution >= 4 is 5.97 Å². The summed E-state index contributed by atoms with van der Waals surface area (Å²) in [6, 6.07) is 17.7. The lowest BCUT2D eigenvalue weighted by Gasteiger charge is -2.23. The first-order valence-electron chi connectivity index (χ1n) is 6.26. The molecule has 0 aliphatic heterocycles. The van der Waals surface area contributed by atoms with Gasteiger partial charge in [0.15, 0.2) is 0 Å². The van der Waals surface area contributed by atoms with Crippen LogP contribution in [0.3, 0.4) is 0 Å². The quantitative estimate of drug-likeness (QED) is 0.845. The van der Waals surface area contributed by atoms with E-state index in [1.165, 1.54) is 0 Å². The van der Waals surface area contributed by atoms with Crippen LogP contribution in [0.2, 0.25) is 0 Å². The molecule has 2 N–H and O–H groups in total. The second-order valence-corrected chi connectivity index (χ2v) is 4.51. The fraction of sp³-hybridized carbons (Fsp3) is 0.188. The van der Waals surface area contributed by atoms with E-state index in [1.54, 1.807) is 30.3 Å². The lowest BCUT2D eigenvalue weighted by Crippen LogP contribution is -2.40. The lowest BCUT2D eigenvalue weighted by molar-refractivity contribution is -0.167. The van der Waals surface area contributed by atoms with Gasteiger partial charge in [-0.3, -0.25) is 0 Å². The largest absolute Gasteiger partial charge is 0.479 e. The van der Waals surface area contributed by atoms with Crippen LogP contribution in [-0.2, 0) is 21.7 Å². The zero-order valence-corrected chi connectivity index (χ0v) is 10.9. The molecule has 4 heteroatoms. The first-order chi connectivity index (χ1) is 9.63. The molecule has 2 rings (SSSR count). The van der Waals surface area contributed by atoms with Gasteiger partial charge in [-0.2, -0.15) is 0 Å². The number of carboxylic acids is 1. The number of rotatable bonds is 6. The van der Waals surface area contributed by atoms with Crippen molar-refractivity contribution in [2.75, 3.05) is 6.61 Å². The van der Waals surface area contributed by atoms with E-state index in [2.05, 4.69) is 0 Å². The first kappa shape index (κ1) is 14.2. The minimum atomic E-state index is -2.03. The zero-order valence-electron chi connectivity index (χ0n) is 10.9. The van der Waals surface area contributed by atoms with Gasteiger partial charge in [-0.25, -0.2) is 4.79 Å². The minimum absolute atomic E-state index is 0.253. The van der Waals surface area contributed by atoms with Crippen LogP contribution in [0.5, 0.6) is 0 Å². The van der Waals surface area contributed by atoms with Gasteiger partial charge in [0.1, 0.15) is 0 Å². The van der Waals surface area contributed by atoms with Crippen molar-refractivity contribution in [3.8, 4) is 0 Å². The first-order valence-corrected chi connectivity index (χ1v) is 6.26. The molecule has 0 bridgehead atoms. The Morgan fingerprint density at radius 1 is 1.00 bits per heavy atom. The van der Waals surface area contributed by atoms with Crippen molar-refractivity contribution in [3.05, 3.63) is 71.8 Å². The summed E-state index contributed by atoms with van der Waals surface area (Å²) in [6.45, 7) is -0.0511. The highest BCUT2D eigenvalue weighted by atomic mass is 16.5. The number of carboxylic acid groups (broad SMARTS) is 1. The molecule has 0 aliphatic rings. The summed E-state index contributed by atoms with van der Waals surface area (Å²) >= 11 is 0. The Morgan fingerprint density at radius 2 is 1.55 bits per heavy atom. The van der Waals surface area contributed by atoms with E-state index < -0.39 is 11.6 Å². The van der Waals surface area contributed by atoms with Crippen LogP contribution in [0.25, 0.3) is 0 Å². The fourth-order valence-corrected chi connectivity index (χ4v) is 1.87. The van der Waals surface area contributed by atoms with Crippen LogP contribution in [0.15, 0.2) is 60.7 Å². The van der Waals surface area contributed by atoms with Crippen LogP contribution in [0, 0.1) is 0 Å². The van der Waals surface area contributed by atoms with Crippen molar-refractivity contribution in [3.63, 3.8) is 0 Å². The minimum Gasteiger partial charge on any atom is -0.479 e. The lowest BCUT2D eigenvalue weighted by atomic mass is 9.95. The Kier molecular flexibility index (Phi) is 4.50. The van der Waals surface area contributed by atoms with E-state index in [-0.39, 0.29) is 13.2 Å². The van der Waals surface area contributed by atoms with Crippen molar-refractivity contribution in [2.45, 2.75) is 12.2 Å². The third kappa shape index (κ3) is 3.23. The molecule has 0 saturated carbocycles. The Bertz CT molecular complexity index is 553. The highest BCUT2D eigenvalue weighted by Crippen LogP contribution is 2.22. The van der Waals surface area contributed by atoms with E-state index in [9.17, 15) is 15.0 Å². The SMILES string of the molecule is O=C(O)C(O)(COCc1ccccc1)c1ccccc1. The number of benzene rings is 2. The van der Waals surface area contributed by atoms with Crippen molar-refractivity contribution in [2.24, 2.45) is 0 Å². The highest BCUT2D eigenvalue weighted by Gasteiger charge is 2.38. The smallest absolute Gasteiger partial charge is 0.342 e. The standard InChI is InChI=1S/C16H16O4/c17-15(18)16(19,14-9-5-2-6-10-14)12-20-11-13-7-3-1-4-8-13/h1-10,19H,11-12H2,(H,17,18). The van der Waals surface area contributed by atoms with Crippen LogP contribution in [0.1, 0.15) is 11.1 Å². The fourth-order valence-electron chi connectivity index (χ4n) is 1.87. The molecule has 2 aromatic carbocycles. The second kappa shape index (κ2) is 6.32. The van der Waals surface area contributed by atoms with Gasteiger partial charge in [-0.05, 0) is 11.1 Å². The number of aliphatic carboxylic acids is 1. The van der Waals surface area contributed by atoms with Gasteiger partial charge in [-0.1, -0.05) is 60.7 Å². The molecule has 20 heavy (non-hydrogen) atoms. The zero-order chi connectivity index (χ0) is 14.4. The van der Waals surface area contributed by atoms with Gasteiger partial charge < -0.3 is 14.9 Å². The summed E-state index contributed by atoms with van der Waals surface area (Å²) < 4.78 is 5.37. The molecular weight excluding hydrogens is 256 g/mol. The summed E-state index contributed by atoms with van der Waals surface area (Å²) in [4.78, 5) is 11.3. The molecule has 4 nitrogen and oxygen atoms in total. The maximum atomic E-state index is 11.3. The molecule has 0 fully saturated rings. The van der Waals surface area contributed by atoms with Gasteiger partial charge >= 0.3 is 5.97 Å². The Morgan fingerprint density at radius 3 is 2.10 bits per heavy atom. The Balaban J connectivity index is 2.05. The maximum absolute atomic E-state index is 11.3. The summed E-state index contributed by atoms with van der Waals surface area (Å²) in [7, 11) is 0. The van der Waals surface area contributed by atoms with Gasteiger partial charge in [-0.15, -0.1) is 0 Å². The molecule has 0 spiro atoms. The molecule has 0 saturated heterocycles. The molecule has 104 valence electrons. The Labute approximate surface area is 117 Å². The molecule has 0 aliphatic carbocycles. The highest BCUT2D eigenvalue weighted by molar-refractivity contribution is 5.79. The number of ether oxygens (including phenoxy) is 1. The molecular formula is C16H16O4. The molecule has 0 aromatic heterocycles. The molecule has 0 radical (unpaired) electrons. The molecule has 0 amide bonds. The summed E-state index contributed by atoms with van der Waals surface area (Å²) in [5.74, 6) is -1.32. The number of hydrogen-bond donors (Lipinski definition) is 2. The van der Waals surface area contributed by atoms with Gasteiger partial charge in [0.05, 0.1) is 13.2 Å². The Hall–Kier alpha value is -2.17.